The van der Waals surface area contributed by atoms with E-state index in [4.69, 9.17) is 0 Å². The number of hydrogen-bond acceptors (Lipinski definition) is 2. The van der Waals surface area contributed by atoms with E-state index in [-0.39, 0.29) is 6.08 Å². The number of nitrogens with zero attached hydrogens (tertiary/aromatic N) is 1. The molecule has 1 rings (SSSR count). The summed E-state index contributed by atoms with van der Waals surface area (Å²) in [6, 6.07) is 0. The number of nitro groups is 1. The third-order valence-electron chi connectivity index (χ3n) is 1.63. The summed E-state index contributed by atoms with van der Waals surface area (Å²) in [5, 5.41) is 9.94. The van der Waals surface area contributed by atoms with Gasteiger partial charge < -0.3 is 0 Å². The van der Waals surface area contributed by atoms with Gasteiger partial charge in [-0.25, -0.2) is 13.2 Å². The fourth-order valence-electron chi connectivity index (χ4n) is 0.892. The van der Waals surface area contributed by atoms with E-state index in [1.807, 2.05) is 0 Å². The molecule has 3 nitrogen and oxygen atoms in total. The van der Waals surface area contributed by atoms with E-state index < -0.39 is 34.4 Å². The summed E-state index contributed by atoms with van der Waals surface area (Å²) in [5.41, 5.74) is 0. The van der Waals surface area contributed by atoms with Gasteiger partial charge in [-0.1, -0.05) is 0 Å². The van der Waals surface area contributed by atoms with Gasteiger partial charge in [-0.15, -0.1) is 0 Å². The maximum absolute atomic E-state index is 13.0. The molecule has 2 atom stereocenters. The van der Waals surface area contributed by atoms with Crippen LogP contribution >= 0.6 is 0 Å². The minimum Gasteiger partial charge on any atom is -0.261 e. The molecule has 0 N–H and O–H groups in total. The summed E-state index contributed by atoms with van der Waals surface area (Å²) in [6.45, 7) is 0. The van der Waals surface area contributed by atoms with Crippen LogP contribution in [0.4, 0.5) is 22.0 Å². The normalized spacial score (nSPS) is 32.9. The van der Waals surface area contributed by atoms with Crippen LogP contribution in [-0.2, 0) is 0 Å². The van der Waals surface area contributed by atoms with Gasteiger partial charge in [-0.3, -0.25) is 10.1 Å². The molecule has 0 aliphatic heterocycles. The van der Waals surface area contributed by atoms with Crippen molar-refractivity contribution in [3.8, 4) is 0 Å². The molecule has 0 spiro atoms. The molecule has 0 saturated carbocycles. The Balaban J connectivity index is 3.34. The minimum atomic E-state index is -4.51. The van der Waals surface area contributed by atoms with Gasteiger partial charge >= 0.3 is 5.79 Å². The smallest absolute Gasteiger partial charge is 0.261 e. The lowest BCUT2D eigenvalue weighted by Gasteiger charge is -2.20. The lowest BCUT2D eigenvalue weighted by Crippen LogP contribution is -2.46. The predicted molar refractivity (Wildman–Crippen MR) is 34.2 cm³/mol. The van der Waals surface area contributed by atoms with Crippen molar-refractivity contribution in [1.82, 2.24) is 0 Å². The average molecular weight is 215 g/mol. The summed E-state index contributed by atoms with van der Waals surface area (Å²) in [4.78, 5) is 7.89. The molecule has 0 heterocycles. The molecule has 0 saturated heterocycles. The molecule has 0 amide bonds. The second kappa shape index (κ2) is 3.03. The number of alkyl halides is 2. The van der Waals surface area contributed by atoms with Crippen LogP contribution in [0.15, 0.2) is 23.6 Å². The van der Waals surface area contributed by atoms with Crippen molar-refractivity contribution in [1.29, 1.82) is 0 Å². The highest BCUT2D eigenvalue weighted by Gasteiger charge is 2.62. The van der Waals surface area contributed by atoms with E-state index in [0.29, 0.717) is 0 Å². The van der Waals surface area contributed by atoms with Crippen molar-refractivity contribution in [3.05, 3.63) is 33.7 Å². The van der Waals surface area contributed by atoms with Crippen molar-refractivity contribution >= 4 is 0 Å². The van der Waals surface area contributed by atoms with E-state index in [9.17, 15) is 32.1 Å². The Kier molecular flexibility index (Phi) is 2.30. The van der Waals surface area contributed by atoms with Gasteiger partial charge in [0.15, 0.2) is 5.83 Å². The molecule has 0 radical (unpaired) electrons. The molecule has 2 unspecified atom stereocenters. The largest absolute Gasteiger partial charge is 0.450 e. The Hall–Kier alpha value is -1.47. The van der Waals surface area contributed by atoms with E-state index in [2.05, 4.69) is 0 Å². The molecule has 0 aromatic rings. The van der Waals surface area contributed by atoms with Gasteiger partial charge in [0.25, 0.3) is 6.17 Å². The van der Waals surface area contributed by atoms with Crippen LogP contribution in [-0.4, -0.2) is 16.9 Å². The van der Waals surface area contributed by atoms with Crippen LogP contribution < -0.4 is 0 Å². The van der Waals surface area contributed by atoms with E-state index in [0.717, 1.165) is 0 Å². The van der Waals surface area contributed by atoms with Gasteiger partial charge in [0, 0.05) is 6.08 Å². The first-order chi connectivity index (χ1) is 6.31. The molecular weight excluding hydrogens is 213 g/mol. The van der Waals surface area contributed by atoms with E-state index >= 15 is 0 Å². The monoisotopic (exact) mass is 215 g/mol. The van der Waals surface area contributed by atoms with E-state index in [1.165, 1.54) is 0 Å². The Morgan fingerprint density at radius 2 is 1.93 bits per heavy atom. The molecule has 0 bridgehead atoms. The zero-order valence-electron chi connectivity index (χ0n) is 6.31. The maximum atomic E-state index is 13.0. The van der Waals surface area contributed by atoms with Gasteiger partial charge in [-0.2, -0.15) is 8.78 Å². The summed E-state index contributed by atoms with van der Waals surface area (Å²) in [6.07, 6.45) is -3.75. The van der Waals surface area contributed by atoms with Crippen molar-refractivity contribution in [2.45, 2.75) is 12.0 Å². The summed E-state index contributed by atoms with van der Waals surface area (Å²) < 4.78 is 62.8. The number of hydrogen-bond donors (Lipinski definition) is 0. The highest BCUT2D eigenvalue weighted by molar-refractivity contribution is 5.32. The third-order valence-corrected chi connectivity index (χ3v) is 1.63. The summed E-state index contributed by atoms with van der Waals surface area (Å²) in [7, 11) is 0. The highest BCUT2D eigenvalue weighted by atomic mass is 19.2. The summed E-state index contributed by atoms with van der Waals surface area (Å²) >= 11 is 0. The van der Waals surface area contributed by atoms with Gasteiger partial charge in [0.05, 0.1) is 4.92 Å². The molecule has 0 aromatic carbocycles. The van der Waals surface area contributed by atoms with Gasteiger partial charge in [-0.05, 0) is 0 Å². The Morgan fingerprint density at radius 3 is 2.36 bits per heavy atom. The van der Waals surface area contributed by atoms with E-state index in [1.54, 1.807) is 0 Å². The fourth-order valence-corrected chi connectivity index (χ4v) is 0.892. The zero-order valence-corrected chi connectivity index (χ0v) is 6.31. The van der Waals surface area contributed by atoms with Crippen molar-refractivity contribution < 1.29 is 26.9 Å². The molecule has 0 fully saturated rings. The molecule has 1 aliphatic rings. The quantitative estimate of drug-likeness (QED) is 0.291. The van der Waals surface area contributed by atoms with Crippen LogP contribution in [0.25, 0.3) is 0 Å². The van der Waals surface area contributed by atoms with Crippen molar-refractivity contribution in [2.75, 3.05) is 0 Å². The van der Waals surface area contributed by atoms with Gasteiger partial charge in [0.1, 0.15) is 5.83 Å². The molecular formula is C6H2F5NO2. The van der Waals surface area contributed by atoms with Crippen LogP contribution in [0.5, 0.6) is 0 Å². The molecule has 0 aromatic heterocycles. The first kappa shape index (κ1) is 10.6. The lowest BCUT2D eigenvalue weighted by atomic mass is 10.0. The first-order valence-electron chi connectivity index (χ1n) is 3.22. The molecule has 14 heavy (non-hydrogen) atoms. The number of rotatable bonds is 1. The molecule has 78 valence electrons. The second-order valence-electron chi connectivity index (χ2n) is 2.48. The molecule has 8 heteroatoms. The average Bonchev–Trinajstić information content (AvgIpc) is 2.11. The van der Waals surface area contributed by atoms with Crippen LogP contribution in [0, 0.1) is 10.1 Å². The number of allylic oxidation sites excluding steroid dienone is 2. The Morgan fingerprint density at radius 1 is 1.43 bits per heavy atom. The van der Waals surface area contributed by atoms with Gasteiger partial charge in [0.2, 0.25) is 5.83 Å². The van der Waals surface area contributed by atoms with Crippen LogP contribution in [0.3, 0.4) is 0 Å². The topological polar surface area (TPSA) is 43.1 Å². The summed E-state index contributed by atoms with van der Waals surface area (Å²) in [5.74, 6) is -11.3. The fraction of sp³-hybridized carbons (Fsp3) is 0.333. The lowest BCUT2D eigenvalue weighted by molar-refractivity contribution is -0.605. The Bertz CT molecular complexity index is 352. The first-order valence-corrected chi connectivity index (χ1v) is 3.22. The minimum absolute atomic E-state index is 0.276. The second-order valence-corrected chi connectivity index (χ2v) is 2.48. The third kappa shape index (κ3) is 1.17. The van der Waals surface area contributed by atoms with Crippen LogP contribution in [0.2, 0.25) is 0 Å². The van der Waals surface area contributed by atoms with Crippen molar-refractivity contribution in [2.24, 2.45) is 0 Å². The predicted octanol–water partition coefficient (Wildman–Crippen LogP) is 2.28. The number of halogens is 5. The Labute approximate surface area is 73.7 Å². The van der Waals surface area contributed by atoms with Crippen LogP contribution in [0.1, 0.15) is 0 Å². The SMILES string of the molecule is O=[N+]([O-])C1(F)C(F)=C(F)C=C(F)C1F. The van der Waals surface area contributed by atoms with Crippen molar-refractivity contribution in [3.63, 3.8) is 0 Å². The standard InChI is InChI=1S/C6H2F5NO2/c7-2-1-3(8)5(10)6(11,4(2)9)12(13)14/h1,4H. The zero-order chi connectivity index (χ0) is 11.1. The highest BCUT2D eigenvalue weighted by Crippen LogP contribution is 2.40. The molecule has 1 aliphatic carbocycles. The maximum Gasteiger partial charge on any atom is 0.450 e.